The van der Waals surface area contributed by atoms with Gasteiger partial charge in [0.05, 0.1) is 23.8 Å². The van der Waals surface area contributed by atoms with E-state index < -0.39 is 12.1 Å². The molecule has 7 heteroatoms. The molecule has 1 aliphatic heterocycles. The minimum atomic E-state index is -4.17. The number of carbonyl (C=O) groups excluding carboxylic acids is 1. The maximum Gasteiger partial charge on any atom is 0.391 e. The molecule has 0 bridgehead atoms. The smallest absolute Gasteiger partial charge is 0.338 e. The third kappa shape index (κ3) is 3.50. The van der Waals surface area contributed by atoms with Gasteiger partial charge in [-0.05, 0) is 43.9 Å². The molecular formula is C20H20F3N3O. The van der Waals surface area contributed by atoms with Crippen molar-refractivity contribution >= 4 is 23.1 Å². The molecule has 1 fully saturated rings. The van der Waals surface area contributed by atoms with Gasteiger partial charge in [0.25, 0.3) is 0 Å². The van der Waals surface area contributed by atoms with Crippen molar-refractivity contribution in [2.45, 2.75) is 38.4 Å². The standard InChI is InChI=1S/C20H20F3N3O/c21-20(22,23)15-9-7-13(8-10-15)19(27)26-12-14-4-3-11-24-18(14)25-16-5-1-2-6-17(16)26/h1-6,11,13,15H,7-10,12H2,(H,24,25). The molecule has 1 saturated carbocycles. The number of rotatable bonds is 1. The molecule has 27 heavy (non-hydrogen) atoms. The van der Waals surface area contributed by atoms with Crippen LogP contribution in [0.1, 0.15) is 31.2 Å². The van der Waals surface area contributed by atoms with Gasteiger partial charge in [0.1, 0.15) is 5.82 Å². The van der Waals surface area contributed by atoms with Crippen molar-refractivity contribution in [2.24, 2.45) is 11.8 Å². The second-order valence-electron chi connectivity index (χ2n) is 7.17. The number of fused-ring (bicyclic) bond motifs is 2. The normalized spacial score (nSPS) is 22.3. The molecule has 0 unspecified atom stereocenters. The van der Waals surface area contributed by atoms with Crippen LogP contribution in [-0.2, 0) is 11.3 Å². The van der Waals surface area contributed by atoms with Gasteiger partial charge in [-0.15, -0.1) is 0 Å². The first-order valence-electron chi connectivity index (χ1n) is 9.11. The zero-order chi connectivity index (χ0) is 19.0. The molecule has 4 nitrogen and oxygen atoms in total. The molecule has 2 heterocycles. The first-order chi connectivity index (χ1) is 12.9. The average molecular weight is 375 g/mol. The lowest BCUT2D eigenvalue weighted by Crippen LogP contribution is -2.39. The Morgan fingerprint density at radius 1 is 1.07 bits per heavy atom. The molecule has 2 aliphatic rings. The number of amides is 1. The van der Waals surface area contributed by atoms with Crippen LogP contribution < -0.4 is 10.2 Å². The predicted octanol–water partition coefficient (Wildman–Crippen LogP) is 5.04. The zero-order valence-corrected chi connectivity index (χ0v) is 14.7. The Morgan fingerprint density at radius 2 is 1.81 bits per heavy atom. The van der Waals surface area contributed by atoms with Crippen molar-refractivity contribution in [1.29, 1.82) is 0 Å². The molecule has 142 valence electrons. The van der Waals surface area contributed by atoms with Crippen molar-refractivity contribution in [3.63, 3.8) is 0 Å². The van der Waals surface area contributed by atoms with Crippen molar-refractivity contribution < 1.29 is 18.0 Å². The SMILES string of the molecule is O=C(C1CCC(C(F)(F)F)CC1)N1Cc2cccnc2Nc2ccccc21. The monoisotopic (exact) mass is 375 g/mol. The molecule has 1 N–H and O–H groups in total. The highest BCUT2D eigenvalue weighted by Crippen LogP contribution is 2.42. The molecule has 4 rings (SSSR count). The van der Waals surface area contributed by atoms with Crippen LogP contribution in [0.25, 0.3) is 0 Å². The summed E-state index contributed by atoms with van der Waals surface area (Å²) in [4.78, 5) is 19.3. The number of nitrogens with one attached hydrogen (secondary N) is 1. The maximum absolute atomic E-state index is 13.2. The number of anilines is 3. The second kappa shape index (κ2) is 6.87. The highest BCUT2D eigenvalue weighted by molar-refractivity contribution is 5.99. The summed E-state index contributed by atoms with van der Waals surface area (Å²) in [5.74, 6) is -1.08. The van der Waals surface area contributed by atoms with Gasteiger partial charge in [0, 0.05) is 17.7 Å². The van der Waals surface area contributed by atoms with Crippen LogP contribution in [0.5, 0.6) is 0 Å². The average Bonchev–Trinajstić information content (AvgIpc) is 2.83. The number of benzene rings is 1. The lowest BCUT2D eigenvalue weighted by molar-refractivity contribution is -0.184. The Kier molecular flexibility index (Phi) is 4.53. The van der Waals surface area contributed by atoms with E-state index in [-0.39, 0.29) is 37.5 Å². The number of aromatic nitrogens is 1. The molecule has 0 atom stereocenters. The summed E-state index contributed by atoms with van der Waals surface area (Å²) in [7, 11) is 0. The van der Waals surface area contributed by atoms with E-state index in [9.17, 15) is 18.0 Å². The summed E-state index contributed by atoms with van der Waals surface area (Å²) >= 11 is 0. The van der Waals surface area contributed by atoms with Gasteiger partial charge in [0.2, 0.25) is 5.91 Å². The third-order valence-electron chi connectivity index (χ3n) is 5.47. The van der Waals surface area contributed by atoms with E-state index in [0.717, 1.165) is 16.9 Å². The van der Waals surface area contributed by atoms with Crippen LogP contribution in [0.3, 0.4) is 0 Å². The Labute approximate surface area is 155 Å². The summed E-state index contributed by atoms with van der Waals surface area (Å²) in [6.45, 7) is 0.352. The van der Waals surface area contributed by atoms with E-state index in [1.54, 1.807) is 11.1 Å². The third-order valence-corrected chi connectivity index (χ3v) is 5.47. The van der Waals surface area contributed by atoms with E-state index in [0.29, 0.717) is 12.4 Å². The second-order valence-corrected chi connectivity index (χ2v) is 7.17. The van der Waals surface area contributed by atoms with Crippen molar-refractivity contribution in [1.82, 2.24) is 4.98 Å². The van der Waals surface area contributed by atoms with Gasteiger partial charge in [-0.1, -0.05) is 18.2 Å². The number of nitrogens with zero attached hydrogens (tertiary/aromatic N) is 2. The van der Waals surface area contributed by atoms with Crippen molar-refractivity contribution in [3.8, 4) is 0 Å². The largest absolute Gasteiger partial charge is 0.391 e. The van der Waals surface area contributed by atoms with Crippen molar-refractivity contribution in [2.75, 3.05) is 10.2 Å². The van der Waals surface area contributed by atoms with Crippen molar-refractivity contribution in [3.05, 3.63) is 48.2 Å². The molecule has 1 aliphatic carbocycles. The van der Waals surface area contributed by atoms with E-state index in [4.69, 9.17) is 0 Å². The first kappa shape index (κ1) is 17.8. The van der Waals surface area contributed by atoms with Crippen LogP contribution in [0.2, 0.25) is 0 Å². The van der Waals surface area contributed by atoms with Crippen LogP contribution in [0.4, 0.5) is 30.4 Å². The minimum Gasteiger partial charge on any atom is -0.338 e. The molecule has 1 amide bonds. The van der Waals surface area contributed by atoms with Gasteiger partial charge in [-0.2, -0.15) is 13.2 Å². The Morgan fingerprint density at radius 3 is 2.56 bits per heavy atom. The number of hydrogen-bond acceptors (Lipinski definition) is 3. The minimum absolute atomic E-state index is 0.0196. The number of carbonyl (C=O) groups is 1. The Bertz CT molecular complexity index is 844. The summed E-state index contributed by atoms with van der Waals surface area (Å²) in [6.07, 6.45) is -1.90. The number of halogens is 3. The quantitative estimate of drug-likeness (QED) is 0.759. The van der Waals surface area contributed by atoms with Gasteiger partial charge in [-0.25, -0.2) is 4.98 Å². The zero-order valence-electron chi connectivity index (χ0n) is 14.7. The number of para-hydroxylation sites is 2. The molecule has 1 aromatic heterocycles. The van der Waals surface area contributed by atoms with Gasteiger partial charge >= 0.3 is 6.18 Å². The first-order valence-corrected chi connectivity index (χ1v) is 9.11. The maximum atomic E-state index is 13.2. The molecule has 0 saturated heterocycles. The summed E-state index contributed by atoms with van der Waals surface area (Å²) in [6, 6.07) is 11.2. The number of hydrogen-bond donors (Lipinski definition) is 1. The fraction of sp³-hybridized carbons (Fsp3) is 0.400. The highest BCUT2D eigenvalue weighted by Gasteiger charge is 2.43. The summed E-state index contributed by atoms with van der Waals surface area (Å²) in [5.41, 5.74) is 2.39. The lowest BCUT2D eigenvalue weighted by atomic mass is 9.81. The van der Waals surface area contributed by atoms with Gasteiger partial charge in [0.15, 0.2) is 0 Å². The molecule has 0 spiro atoms. The Balaban J connectivity index is 1.60. The van der Waals surface area contributed by atoms with Crippen LogP contribution in [-0.4, -0.2) is 17.1 Å². The fourth-order valence-corrected chi connectivity index (χ4v) is 3.96. The molecule has 2 aromatic rings. The number of pyridine rings is 1. The van der Waals surface area contributed by atoms with E-state index in [2.05, 4.69) is 10.3 Å². The topological polar surface area (TPSA) is 45.2 Å². The Hall–Kier alpha value is -2.57. The number of alkyl halides is 3. The fourth-order valence-electron chi connectivity index (χ4n) is 3.96. The molecule has 1 aromatic carbocycles. The van der Waals surface area contributed by atoms with E-state index in [1.807, 2.05) is 36.4 Å². The highest BCUT2D eigenvalue weighted by atomic mass is 19.4. The summed E-state index contributed by atoms with van der Waals surface area (Å²) in [5, 5.41) is 3.26. The van der Waals surface area contributed by atoms with Crippen LogP contribution in [0, 0.1) is 11.8 Å². The van der Waals surface area contributed by atoms with Gasteiger partial charge < -0.3 is 10.2 Å². The summed E-state index contributed by atoms with van der Waals surface area (Å²) < 4.78 is 38.8. The molecular weight excluding hydrogens is 355 g/mol. The molecule has 0 radical (unpaired) electrons. The van der Waals surface area contributed by atoms with Crippen LogP contribution >= 0.6 is 0 Å². The van der Waals surface area contributed by atoms with E-state index >= 15 is 0 Å². The lowest BCUT2D eigenvalue weighted by Gasteiger charge is -2.32. The van der Waals surface area contributed by atoms with E-state index in [1.165, 1.54) is 0 Å². The predicted molar refractivity (Wildman–Crippen MR) is 96.7 cm³/mol. The van der Waals surface area contributed by atoms with Crippen LogP contribution in [0.15, 0.2) is 42.6 Å². The van der Waals surface area contributed by atoms with Gasteiger partial charge in [-0.3, -0.25) is 4.79 Å².